The Balaban J connectivity index is 2.43. The number of hydrogen-bond acceptors (Lipinski definition) is 2. The van der Waals surface area contributed by atoms with Gasteiger partial charge in [-0.15, -0.1) is 0 Å². The fourth-order valence-corrected chi connectivity index (χ4v) is 2.89. The molecule has 0 spiro atoms. The van der Waals surface area contributed by atoms with Gasteiger partial charge >= 0.3 is 0 Å². The van der Waals surface area contributed by atoms with Crippen molar-refractivity contribution in [2.24, 2.45) is 17.1 Å². The molecule has 1 aromatic carbocycles. The second-order valence-corrected chi connectivity index (χ2v) is 5.48. The van der Waals surface area contributed by atoms with Crippen molar-refractivity contribution in [1.82, 2.24) is 0 Å². The molecule has 2 nitrogen and oxygen atoms in total. The molecule has 2 atom stereocenters. The molecular weight excluding hydrogens is 217 g/mol. The summed E-state index contributed by atoms with van der Waals surface area (Å²) in [5, 5.41) is 0. The van der Waals surface area contributed by atoms with Crippen molar-refractivity contribution < 1.29 is 9.13 Å². The maximum Gasteiger partial charge on any atom is 0.126 e. The highest BCUT2D eigenvalue weighted by molar-refractivity contribution is 5.45. The van der Waals surface area contributed by atoms with Gasteiger partial charge in [0.25, 0.3) is 0 Å². The maximum atomic E-state index is 13.7. The van der Waals surface area contributed by atoms with Gasteiger partial charge in [-0.25, -0.2) is 4.39 Å². The molecule has 0 radical (unpaired) electrons. The van der Waals surface area contributed by atoms with E-state index in [0.717, 1.165) is 11.3 Å². The summed E-state index contributed by atoms with van der Waals surface area (Å²) in [6.45, 7) is 6.73. The molecule has 1 aromatic rings. The number of rotatable bonds is 3. The molecule has 3 heteroatoms. The summed E-state index contributed by atoms with van der Waals surface area (Å²) < 4.78 is 19.0. The van der Waals surface area contributed by atoms with Crippen LogP contribution in [-0.2, 0) is 0 Å². The molecular formula is C14H20FNO. The van der Waals surface area contributed by atoms with Gasteiger partial charge in [0.05, 0.1) is 7.11 Å². The van der Waals surface area contributed by atoms with Crippen LogP contribution in [0, 0.1) is 24.1 Å². The zero-order valence-corrected chi connectivity index (χ0v) is 10.9. The van der Waals surface area contributed by atoms with E-state index in [9.17, 15) is 4.39 Å². The first-order valence-electron chi connectivity index (χ1n) is 5.97. The van der Waals surface area contributed by atoms with E-state index in [4.69, 9.17) is 10.5 Å². The first kappa shape index (κ1) is 12.4. The molecule has 1 aliphatic carbocycles. The van der Waals surface area contributed by atoms with Gasteiger partial charge in [-0.3, -0.25) is 0 Å². The molecule has 2 N–H and O–H groups in total. The Morgan fingerprint density at radius 1 is 1.41 bits per heavy atom. The van der Waals surface area contributed by atoms with Crippen LogP contribution in [0.5, 0.6) is 5.75 Å². The van der Waals surface area contributed by atoms with E-state index in [-0.39, 0.29) is 11.2 Å². The van der Waals surface area contributed by atoms with Crippen molar-refractivity contribution >= 4 is 0 Å². The van der Waals surface area contributed by atoms with Gasteiger partial charge in [-0.05, 0) is 48.4 Å². The minimum atomic E-state index is -0.167. The fourth-order valence-electron chi connectivity index (χ4n) is 2.89. The van der Waals surface area contributed by atoms with Crippen LogP contribution >= 0.6 is 0 Å². The Morgan fingerprint density at radius 2 is 2.06 bits per heavy atom. The predicted octanol–water partition coefficient (Wildman–Crippen LogP) is 2.84. The topological polar surface area (TPSA) is 35.2 Å². The summed E-state index contributed by atoms with van der Waals surface area (Å²) in [5.74, 6) is 1.33. The molecule has 17 heavy (non-hydrogen) atoms. The first-order valence-corrected chi connectivity index (χ1v) is 5.97. The molecule has 0 aromatic heterocycles. The van der Waals surface area contributed by atoms with Crippen molar-refractivity contribution in [2.45, 2.75) is 26.7 Å². The Morgan fingerprint density at radius 3 is 2.53 bits per heavy atom. The second kappa shape index (κ2) is 3.98. The first-order chi connectivity index (χ1) is 7.93. The van der Waals surface area contributed by atoms with Crippen LogP contribution < -0.4 is 10.5 Å². The highest BCUT2D eigenvalue weighted by atomic mass is 19.1. The standard InChI is InChI=1S/C14H20FNO/c1-8-5-12(17-4)9(6-11(8)15)13-10(7-16)14(13,2)3/h5-6,10,13H,7,16H2,1-4H3/t10-,13-/m1/s1. The quantitative estimate of drug-likeness (QED) is 0.877. The molecule has 1 aliphatic rings. The third-order valence-corrected chi connectivity index (χ3v) is 4.15. The zero-order chi connectivity index (χ0) is 12.8. The molecule has 0 heterocycles. The predicted molar refractivity (Wildman–Crippen MR) is 66.8 cm³/mol. The average Bonchev–Trinajstić information content (AvgIpc) is 2.83. The normalized spacial score (nSPS) is 25.8. The summed E-state index contributed by atoms with van der Waals surface area (Å²) in [4.78, 5) is 0. The number of halogens is 1. The minimum absolute atomic E-state index is 0.143. The van der Waals surface area contributed by atoms with Crippen molar-refractivity contribution in [3.63, 3.8) is 0 Å². The number of aryl methyl sites for hydroxylation is 1. The summed E-state index contributed by atoms with van der Waals surface area (Å²) in [5.41, 5.74) is 7.48. The van der Waals surface area contributed by atoms with Crippen LogP contribution in [0.4, 0.5) is 4.39 Å². The van der Waals surface area contributed by atoms with Crippen LogP contribution in [0.3, 0.4) is 0 Å². The van der Waals surface area contributed by atoms with E-state index >= 15 is 0 Å². The molecule has 1 saturated carbocycles. The van der Waals surface area contributed by atoms with Crippen LogP contribution in [0.2, 0.25) is 0 Å². The van der Waals surface area contributed by atoms with E-state index in [1.165, 1.54) is 0 Å². The Hall–Kier alpha value is -1.09. The van der Waals surface area contributed by atoms with Gasteiger partial charge in [0.1, 0.15) is 11.6 Å². The smallest absolute Gasteiger partial charge is 0.126 e. The molecule has 0 bridgehead atoms. The van der Waals surface area contributed by atoms with E-state index in [0.29, 0.717) is 23.9 Å². The van der Waals surface area contributed by atoms with E-state index in [1.807, 2.05) is 0 Å². The van der Waals surface area contributed by atoms with Crippen molar-refractivity contribution in [3.05, 3.63) is 29.1 Å². The van der Waals surface area contributed by atoms with Crippen molar-refractivity contribution in [1.29, 1.82) is 0 Å². The molecule has 94 valence electrons. The summed E-state index contributed by atoms with van der Waals surface area (Å²) in [7, 11) is 1.63. The van der Waals surface area contributed by atoms with Gasteiger partial charge in [0.2, 0.25) is 0 Å². The number of hydrogen-bond donors (Lipinski definition) is 1. The summed E-state index contributed by atoms with van der Waals surface area (Å²) in [6, 6.07) is 3.38. The lowest BCUT2D eigenvalue weighted by Crippen LogP contribution is -2.05. The molecule has 0 aliphatic heterocycles. The van der Waals surface area contributed by atoms with Crippen LogP contribution in [-0.4, -0.2) is 13.7 Å². The number of benzene rings is 1. The monoisotopic (exact) mass is 237 g/mol. The highest BCUT2D eigenvalue weighted by Gasteiger charge is 2.58. The van der Waals surface area contributed by atoms with Crippen LogP contribution in [0.15, 0.2) is 12.1 Å². The third kappa shape index (κ3) is 1.82. The van der Waals surface area contributed by atoms with E-state index in [2.05, 4.69) is 13.8 Å². The molecule has 0 amide bonds. The third-order valence-electron chi connectivity index (χ3n) is 4.15. The van der Waals surface area contributed by atoms with Gasteiger partial charge in [0, 0.05) is 5.56 Å². The van der Waals surface area contributed by atoms with Gasteiger partial charge < -0.3 is 10.5 Å². The van der Waals surface area contributed by atoms with Crippen LogP contribution in [0.25, 0.3) is 0 Å². The summed E-state index contributed by atoms with van der Waals surface area (Å²) in [6.07, 6.45) is 0. The zero-order valence-electron chi connectivity index (χ0n) is 10.9. The Labute approximate surface area is 102 Å². The fraction of sp³-hybridized carbons (Fsp3) is 0.571. The largest absolute Gasteiger partial charge is 0.496 e. The molecule has 0 unspecified atom stereocenters. The maximum absolute atomic E-state index is 13.7. The Bertz CT molecular complexity index is 442. The average molecular weight is 237 g/mol. The van der Waals surface area contributed by atoms with Crippen molar-refractivity contribution in [2.75, 3.05) is 13.7 Å². The second-order valence-electron chi connectivity index (χ2n) is 5.48. The summed E-state index contributed by atoms with van der Waals surface area (Å²) >= 11 is 0. The van der Waals surface area contributed by atoms with Crippen molar-refractivity contribution in [3.8, 4) is 5.75 Å². The molecule has 1 fully saturated rings. The SMILES string of the molecule is COc1cc(C)c(F)cc1[C@@H]1[C@@H](CN)C1(C)C. The number of methoxy groups -OCH3 is 1. The van der Waals surface area contributed by atoms with Gasteiger partial charge in [-0.2, -0.15) is 0 Å². The number of nitrogens with two attached hydrogens (primary N) is 1. The lowest BCUT2D eigenvalue weighted by Gasteiger charge is -2.11. The lowest BCUT2D eigenvalue weighted by molar-refractivity contribution is 0.405. The van der Waals surface area contributed by atoms with Gasteiger partial charge in [-0.1, -0.05) is 13.8 Å². The van der Waals surface area contributed by atoms with Gasteiger partial charge in [0.15, 0.2) is 0 Å². The number of ether oxygens (including phenoxy) is 1. The van der Waals surface area contributed by atoms with Crippen LogP contribution in [0.1, 0.15) is 30.9 Å². The molecule has 0 saturated heterocycles. The van der Waals surface area contributed by atoms with E-state index in [1.54, 1.807) is 26.2 Å². The molecule has 2 rings (SSSR count). The lowest BCUT2D eigenvalue weighted by atomic mass is 10.0. The highest BCUT2D eigenvalue weighted by Crippen LogP contribution is 2.65. The van der Waals surface area contributed by atoms with E-state index < -0.39 is 0 Å². The Kier molecular flexibility index (Phi) is 2.90. The minimum Gasteiger partial charge on any atom is -0.496 e.